The number of sulfone groups is 1. The van der Waals surface area contributed by atoms with Crippen molar-refractivity contribution in [2.45, 2.75) is 13.3 Å². The number of rotatable bonds is 3. The van der Waals surface area contributed by atoms with Gasteiger partial charge in [0.1, 0.15) is 15.7 Å². The fourth-order valence-electron chi connectivity index (χ4n) is 2.24. The van der Waals surface area contributed by atoms with E-state index < -0.39 is 39.1 Å². The second-order valence-corrected chi connectivity index (χ2v) is 7.20. The quantitative estimate of drug-likeness (QED) is 0.782. The Kier molecular flexibility index (Phi) is 3.64. The Labute approximate surface area is 116 Å². The molecule has 2 amide bonds. The van der Waals surface area contributed by atoms with Gasteiger partial charge in [-0.25, -0.2) is 17.7 Å². The van der Waals surface area contributed by atoms with Gasteiger partial charge in [-0.3, -0.25) is 9.59 Å². The maximum atomic E-state index is 13.8. The van der Waals surface area contributed by atoms with E-state index in [9.17, 15) is 22.4 Å². The number of imide groups is 1. The van der Waals surface area contributed by atoms with Crippen molar-refractivity contribution in [2.75, 3.05) is 16.9 Å². The fourth-order valence-corrected chi connectivity index (χ4v) is 3.23. The molecule has 0 bridgehead atoms. The minimum atomic E-state index is -3.38. The van der Waals surface area contributed by atoms with E-state index in [0.29, 0.717) is 5.56 Å². The maximum absolute atomic E-state index is 13.8. The molecule has 1 unspecified atom stereocenters. The van der Waals surface area contributed by atoms with E-state index in [1.54, 1.807) is 6.92 Å². The molecule has 108 valence electrons. The molecule has 1 aliphatic rings. The predicted octanol–water partition coefficient (Wildman–Crippen LogP) is 1.06. The number of hydrogen-bond acceptors (Lipinski definition) is 4. The summed E-state index contributed by atoms with van der Waals surface area (Å²) in [7, 11) is -3.38. The van der Waals surface area contributed by atoms with Crippen LogP contribution in [-0.2, 0) is 19.4 Å². The lowest BCUT2D eigenvalue weighted by atomic mass is 10.1. The van der Waals surface area contributed by atoms with Crippen LogP contribution in [0.3, 0.4) is 0 Å². The molecule has 0 saturated carbocycles. The zero-order chi connectivity index (χ0) is 15.1. The normalized spacial score (nSPS) is 19.8. The molecule has 1 fully saturated rings. The zero-order valence-corrected chi connectivity index (χ0v) is 11.9. The zero-order valence-electron chi connectivity index (χ0n) is 11.1. The van der Waals surface area contributed by atoms with E-state index in [2.05, 4.69) is 0 Å². The van der Waals surface area contributed by atoms with Gasteiger partial charge in [-0.1, -0.05) is 6.07 Å². The Morgan fingerprint density at radius 2 is 2.00 bits per heavy atom. The highest BCUT2D eigenvalue weighted by atomic mass is 32.2. The van der Waals surface area contributed by atoms with Crippen LogP contribution in [-0.4, -0.2) is 32.2 Å². The lowest BCUT2D eigenvalue weighted by Crippen LogP contribution is -2.32. The van der Waals surface area contributed by atoms with Gasteiger partial charge in [0, 0.05) is 12.7 Å². The van der Waals surface area contributed by atoms with Crippen LogP contribution in [0.2, 0.25) is 0 Å². The van der Waals surface area contributed by atoms with Crippen LogP contribution >= 0.6 is 0 Å². The number of halogens is 1. The average Bonchev–Trinajstić information content (AvgIpc) is 2.56. The lowest BCUT2D eigenvalue weighted by Gasteiger charge is -2.16. The number of aryl methyl sites for hydroxylation is 1. The molecule has 2 rings (SSSR count). The summed E-state index contributed by atoms with van der Waals surface area (Å²) in [6.07, 6.45) is 0.792. The van der Waals surface area contributed by atoms with Crippen molar-refractivity contribution in [3.63, 3.8) is 0 Å². The van der Waals surface area contributed by atoms with E-state index in [1.165, 1.54) is 18.2 Å². The van der Waals surface area contributed by atoms with E-state index in [4.69, 9.17) is 0 Å². The average molecular weight is 299 g/mol. The topological polar surface area (TPSA) is 71.5 Å². The van der Waals surface area contributed by atoms with Gasteiger partial charge >= 0.3 is 0 Å². The van der Waals surface area contributed by atoms with Gasteiger partial charge in [0.05, 0.1) is 17.4 Å². The Balaban J connectivity index is 2.36. The van der Waals surface area contributed by atoms with Gasteiger partial charge in [-0.15, -0.1) is 0 Å². The van der Waals surface area contributed by atoms with E-state index in [1.807, 2.05) is 0 Å². The first-order valence-corrected chi connectivity index (χ1v) is 8.06. The number of carbonyl (C=O) groups is 2. The number of carbonyl (C=O) groups excluding carboxylic acids is 2. The predicted molar refractivity (Wildman–Crippen MR) is 71.4 cm³/mol. The first-order chi connectivity index (χ1) is 9.19. The summed E-state index contributed by atoms with van der Waals surface area (Å²) in [5.74, 6) is -3.26. The van der Waals surface area contributed by atoms with E-state index >= 15 is 0 Å². The summed E-state index contributed by atoms with van der Waals surface area (Å²) in [4.78, 5) is 24.8. The van der Waals surface area contributed by atoms with Gasteiger partial charge < -0.3 is 0 Å². The van der Waals surface area contributed by atoms with Crippen molar-refractivity contribution in [1.29, 1.82) is 0 Å². The first-order valence-electron chi connectivity index (χ1n) is 6.00. The molecule has 0 radical (unpaired) electrons. The van der Waals surface area contributed by atoms with Crippen LogP contribution in [0.5, 0.6) is 0 Å². The van der Waals surface area contributed by atoms with Crippen LogP contribution in [0, 0.1) is 18.7 Å². The molecule has 20 heavy (non-hydrogen) atoms. The Hall–Kier alpha value is -1.76. The minimum absolute atomic E-state index is 0.115. The standard InChI is InChI=1S/C13H14FNO4S/c1-8-3-4-10(14)11(5-8)15-12(16)6-9(13(15)17)7-20(2,18)19/h3-5,9H,6-7H2,1-2H3. The van der Waals surface area contributed by atoms with Gasteiger partial charge in [-0.05, 0) is 24.6 Å². The highest BCUT2D eigenvalue weighted by Crippen LogP contribution is 2.29. The Bertz CT molecular complexity index is 684. The molecule has 0 N–H and O–H groups in total. The van der Waals surface area contributed by atoms with Crippen molar-refractivity contribution < 1.29 is 22.4 Å². The number of benzene rings is 1. The van der Waals surface area contributed by atoms with Gasteiger partial charge in [0.15, 0.2) is 0 Å². The number of nitrogens with zero attached hydrogens (tertiary/aromatic N) is 1. The lowest BCUT2D eigenvalue weighted by molar-refractivity contribution is -0.122. The second kappa shape index (κ2) is 4.97. The summed E-state index contributed by atoms with van der Waals surface area (Å²) < 4.78 is 36.3. The summed E-state index contributed by atoms with van der Waals surface area (Å²) in [6, 6.07) is 4.10. The summed E-state index contributed by atoms with van der Waals surface area (Å²) in [5.41, 5.74) is 0.588. The smallest absolute Gasteiger partial charge is 0.238 e. The van der Waals surface area contributed by atoms with Gasteiger partial charge in [0.2, 0.25) is 11.8 Å². The molecule has 1 saturated heterocycles. The first kappa shape index (κ1) is 14.6. The van der Waals surface area contributed by atoms with Crippen LogP contribution in [0.4, 0.5) is 10.1 Å². The maximum Gasteiger partial charge on any atom is 0.238 e. The third-order valence-corrected chi connectivity index (χ3v) is 4.09. The number of amides is 2. The van der Waals surface area contributed by atoms with Crippen molar-refractivity contribution in [3.8, 4) is 0 Å². The monoisotopic (exact) mass is 299 g/mol. The summed E-state index contributed by atoms with van der Waals surface area (Å²) in [5, 5.41) is 0. The summed E-state index contributed by atoms with van der Waals surface area (Å²) in [6.45, 7) is 1.71. The largest absolute Gasteiger partial charge is 0.274 e. The Morgan fingerprint density at radius 1 is 1.35 bits per heavy atom. The SMILES string of the molecule is Cc1ccc(F)c(N2C(=O)CC(CS(C)(=O)=O)C2=O)c1. The number of anilines is 1. The number of hydrogen-bond donors (Lipinski definition) is 0. The molecule has 1 heterocycles. The molecule has 1 aromatic carbocycles. The molecule has 0 aromatic heterocycles. The van der Waals surface area contributed by atoms with Gasteiger partial charge in [0.25, 0.3) is 0 Å². The third kappa shape index (κ3) is 2.87. The minimum Gasteiger partial charge on any atom is -0.274 e. The van der Waals surface area contributed by atoms with Crippen LogP contribution in [0.15, 0.2) is 18.2 Å². The van der Waals surface area contributed by atoms with Crippen molar-refractivity contribution in [1.82, 2.24) is 0 Å². The van der Waals surface area contributed by atoms with Crippen molar-refractivity contribution in [2.24, 2.45) is 5.92 Å². The molecular formula is C13H14FNO4S. The highest BCUT2D eigenvalue weighted by molar-refractivity contribution is 7.90. The summed E-state index contributed by atoms with van der Waals surface area (Å²) >= 11 is 0. The Morgan fingerprint density at radius 3 is 2.60 bits per heavy atom. The molecule has 1 aromatic rings. The molecule has 5 nitrogen and oxygen atoms in total. The fraction of sp³-hybridized carbons (Fsp3) is 0.385. The van der Waals surface area contributed by atoms with E-state index in [-0.39, 0.29) is 12.1 Å². The highest BCUT2D eigenvalue weighted by Gasteiger charge is 2.41. The van der Waals surface area contributed by atoms with E-state index in [0.717, 1.165) is 11.2 Å². The molecule has 7 heteroatoms. The molecule has 1 aliphatic heterocycles. The molecule has 0 spiro atoms. The van der Waals surface area contributed by atoms with Crippen LogP contribution in [0.25, 0.3) is 0 Å². The molecular weight excluding hydrogens is 285 g/mol. The van der Waals surface area contributed by atoms with Crippen LogP contribution in [0.1, 0.15) is 12.0 Å². The molecule has 0 aliphatic carbocycles. The molecule has 1 atom stereocenters. The third-order valence-electron chi connectivity index (χ3n) is 3.09. The van der Waals surface area contributed by atoms with Crippen molar-refractivity contribution >= 4 is 27.3 Å². The van der Waals surface area contributed by atoms with Crippen molar-refractivity contribution in [3.05, 3.63) is 29.6 Å². The van der Waals surface area contributed by atoms with Crippen LogP contribution < -0.4 is 4.90 Å². The van der Waals surface area contributed by atoms with Gasteiger partial charge in [-0.2, -0.15) is 0 Å². The second-order valence-electron chi connectivity index (χ2n) is 5.02.